The number of carbonyl (C=O) groups excluding carboxylic acids is 2. The van der Waals surface area contributed by atoms with Crippen molar-refractivity contribution >= 4 is 29.1 Å². The molecular weight excluding hydrogens is 364 g/mol. The summed E-state index contributed by atoms with van der Waals surface area (Å²) in [5.41, 5.74) is 1.70. The highest BCUT2D eigenvalue weighted by Gasteiger charge is 2.10. The third-order valence-electron chi connectivity index (χ3n) is 3.86. The molecule has 0 atom stereocenters. The summed E-state index contributed by atoms with van der Waals surface area (Å²) >= 11 is 5.86. The molecule has 0 fully saturated rings. The molecule has 27 heavy (non-hydrogen) atoms. The van der Waals surface area contributed by atoms with Crippen LogP contribution in [0.5, 0.6) is 5.75 Å². The second-order valence-corrected chi connectivity index (χ2v) is 6.43. The number of amides is 2. The van der Waals surface area contributed by atoms with Crippen LogP contribution in [0.2, 0.25) is 5.02 Å². The molecule has 0 bridgehead atoms. The van der Waals surface area contributed by atoms with E-state index in [1.807, 2.05) is 24.3 Å². The van der Waals surface area contributed by atoms with Gasteiger partial charge in [0, 0.05) is 37.1 Å². The highest BCUT2D eigenvalue weighted by molar-refractivity contribution is 6.30. The number of hydrogen-bond acceptors (Lipinski definition) is 3. The Hall–Kier alpha value is -2.79. The zero-order chi connectivity index (χ0) is 19.6. The molecule has 0 aromatic heterocycles. The van der Waals surface area contributed by atoms with Crippen molar-refractivity contribution in [3.05, 3.63) is 71.8 Å². The predicted molar refractivity (Wildman–Crippen MR) is 108 cm³/mol. The monoisotopic (exact) mass is 386 g/mol. The highest BCUT2D eigenvalue weighted by Crippen LogP contribution is 2.18. The summed E-state index contributed by atoms with van der Waals surface area (Å²) in [4.78, 5) is 25.1. The van der Waals surface area contributed by atoms with E-state index in [9.17, 15) is 9.59 Å². The van der Waals surface area contributed by atoms with E-state index in [1.54, 1.807) is 35.2 Å². The van der Waals surface area contributed by atoms with Crippen LogP contribution in [0.15, 0.2) is 61.2 Å². The lowest BCUT2D eigenvalue weighted by molar-refractivity contribution is -0.128. The first kappa shape index (κ1) is 20.5. The molecule has 0 aliphatic rings. The van der Waals surface area contributed by atoms with Crippen LogP contribution in [0, 0.1) is 0 Å². The first-order valence-corrected chi connectivity index (χ1v) is 8.99. The topological polar surface area (TPSA) is 58.6 Å². The van der Waals surface area contributed by atoms with Gasteiger partial charge in [0.2, 0.25) is 11.8 Å². The molecule has 2 aromatic carbocycles. The molecule has 0 saturated heterocycles. The average Bonchev–Trinajstić information content (AvgIpc) is 2.65. The number of ether oxygens (including phenoxy) is 1. The maximum atomic E-state index is 12.0. The summed E-state index contributed by atoms with van der Waals surface area (Å²) in [6.45, 7) is 6.32. The molecule has 5 nitrogen and oxygen atoms in total. The smallest absolute Gasteiger partial charge is 0.226 e. The van der Waals surface area contributed by atoms with Crippen LogP contribution in [-0.2, 0) is 16.2 Å². The van der Waals surface area contributed by atoms with Gasteiger partial charge in [-0.15, -0.1) is 6.58 Å². The number of anilines is 1. The van der Waals surface area contributed by atoms with Gasteiger partial charge in [-0.1, -0.05) is 29.8 Å². The Balaban J connectivity index is 1.80. The number of benzene rings is 2. The number of nitrogens with one attached hydrogen (secondary N) is 1. The minimum Gasteiger partial charge on any atom is -0.489 e. The molecule has 6 heteroatoms. The first-order chi connectivity index (χ1) is 13.0. The molecule has 2 aromatic rings. The van der Waals surface area contributed by atoms with Gasteiger partial charge in [0.05, 0.1) is 0 Å². The minimum atomic E-state index is -0.153. The zero-order valence-electron chi connectivity index (χ0n) is 15.3. The van der Waals surface area contributed by atoms with Crippen LogP contribution >= 0.6 is 11.6 Å². The van der Waals surface area contributed by atoms with E-state index in [1.165, 1.54) is 6.92 Å². The van der Waals surface area contributed by atoms with Gasteiger partial charge >= 0.3 is 0 Å². The Bertz CT molecular complexity index is 773. The zero-order valence-corrected chi connectivity index (χ0v) is 16.0. The number of nitrogens with zero attached hydrogens (tertiary/aromatic N) is 1. The lowest BCUT2D eigenvalue weighted by Crippen LogP contribution is -2.32. The van der Waals surface area contributed by atoms with E-state index in [0.717, 1.165) is 5.56 Å². The van der Waals surface area contributed by atoms with Crippen molar-refractivity contribution in [1.82, 2.24) is 4.90 Å². The highest BCUT2D eigenvalue weighted by atomic mass is 35.5. The van der Waals surface area contributed by atoms with E-state index >= 15 is 0 Å². The van der Waals surface area contributed by atoms with E-state index in [4.69, 9.17) is 16.3 Å². The summed E-state index contributed by atoms with van der Waals surface area (Å²) in [7, 11) is 0. The Morgan fingerprint density at radius 3 is 2.41 bits per heavy atom. The Labute approximate surface area is 164 Å². The molecule has 0 heterocycles. The summed E-state index contributed by atoms with van der Waals surface area (Å²) in [6.07, 6.45) is 1.87. The maximum absolute atomic E-state index is 12.0. The molecule has 0 aliphatic heterocycles. The second kappa shape index (κ2) is 10.4. The summed E-state index contributed by atoms with van der Waals surface area (Å²) in [5, 5.41) is 3.50. The molecule has 0 unspecified atom stereocenters. The van der Waals surface area contributed by atoms with Crippen molar-refractivity contribution in [3.8, 4) is 5.75 Å². The van der Waals surface area contributed by atoms with Crippen LogP contribution in [-0.4, -0.2) is 29.8 Å². The molecule has 142 valence electrons. The van der Waals surface area contributed by atoms with Crippen LogP contribution in [0.25, 0.3) is 0 Å². The lowest BCUT2D eigenvalue weighted by Gasteiger charge is -2.18. The number of carbonyl (C=O) groups is 2. The average molecular weight is 387 g/mol. The third kappa shape index (κ3) is 7.15. The number of hydrogen-bond donors (Lipinski definition) is 1. The van der Waals surface area contributed by atoms with E-state index in [-0.39, 0.29) is 18.2 Å². The fourth-order valence-electron chi connectivity index (χ4n) is 2.37. The van der Waals surface area contributed by atoms with Crippen molar-refractivity contribution in [2.45, 2.75) is 20.0 Å². The SMILES string of the molecule is C=CCN(CCC(=O)Nc1ccc(OCc2ccc(Cl)cc2)cc1)C(C)=O. The van der Waals surface area contributed by atoms with Crippen molar-refractivity contribution < 1.29 is 14.3 Å². The van der Waals surface area contributed by atoms with Crippen LogP contribution in [0.1, 0.15) is 18.9 Å². The Kier molecular flexibility index (Phi) is 7.89. The fraction of sp³-hybridized carbons (Fsp3) is 0.238. The van der Waals surface area contributed by atoms with Crippen molar-refractivity contribution in [1.29, 1.82) is 0 Å². The molecule has 0 radical (unpaired) electrons. The van der Waals surface area contributed by atoms with E-state index in [2.05, 4.69) is 11.9 Å². The van der Waals surface area contributed by atoms with Crippen LogP contribution < -0.4 is 10.1 Å². The molecule has 2 amide bonds. The largest absolute Gasteiger partial charge is 0.489 e. The Morgan fingerprint density at radius 1 is 1.15 bits per heavy atom. The predicted octanol–water partition coefficient (Wildman–Crippen LogP) is 4.28. The maximum Gasteiger partial charge on any atom is 0.226 e. The summed E-state index contributed by atoms with van der Waals surface area (Å²) < 4.78 is 5.71. The molecule has 0 spiro atoms. The standard InChI is InChI=1S/C21H23ClN2O3/c1-3-13-24(16(2)25)14-12-21(26)23-19-8-10-20(11-9-19)27-15-17-4-6-18(22)7-5-17/h3-11H,1,12-15H2,2H3,(H,23,26). The quantitative estimate of drug-likeness (QED) is 0.654. The summed E-state index contributed by atoms with van der Waals surface area (Å²) in [6, 6.07) is 14.6. The van der Waals surface area contributed by atoms with Crippen molar-refractivity contribution in [3.63, 3.8) is 0 Å². The van der Waals surface area contributed by atoms with Crippen molar-refractivity contribution in [2.24, 2.45) is 0 Å². The van der Waals surface area contributed by atoms with E-state index < -0.39 is 0 Å². The van der Waals surface area contributed by atoms with Gasteiger partial charge in [0.15, 0.2) is 0 Å². The third-order valence-corrected chi connectivity index (χ3v) is 4.11. The molecular formula is C21H23ClN2O3. The second-order valence-electron chi connectivity index (χ2n) is 5.99. The minimum absolute atomic E-state index is 0.0788. The first-order valence-electron chi connectivity index (χ1n) is 8.61. The normalized spacial score (nSPS) is 10.1. The van der Waals surface area contributed by atoms with Gasteiger partial charge < -0.3 is 15.0 Å². The lowest BCUT2D eigenvalue weighted by atomic mass is 10.2. The van der Waals surface area contributed by atoms with Gasteiger partial charge in [-0.3, -0.25) is 9.59 Å². The van der Waals surface area contributed by atoms with Crippen LogP contribution in [0.3, 0.4) is 0 Å². The van der Waals surface area contributed by atoms with E-state index in [0.29, 0.717) is 36.2 Å². The molecule has 0 saturated carbocycles. The molecule has 2 rings (SSSR count). The summed E-state index contributed by atoms with van der Waals surface area (Å²) in [5.74, 6) is 0.474. The fourth-order valence-corrected chi connectivity index (χ4v) is 2.50. The number of rotatable bonds is 9. The van der Waals surface area contributed by atoms with Gasteiger partial charge in [0.1, 0.15) is 12.4 Å². The van der Waals surface area contributed by atoms with Crippen molar-refractivity contribution in [2.75, 3.05) is 18.4 Å². The van der Waals surface area contributed by atoms with Gasteiger partial charge in [-0.25, -0.2) is 0 Å². The molecule has 1 N–H and O–H groups in total. The van der Waals surface area contributed by atoms with Gasteiger partial charge in [-0.2, -0.15) is 0 Å². The van der Waals surface area contributed by atoms with Crippen LogP contribution in [0.4, 0.5) is 5.69 Å². The molecule has 0 aliphatic carbocycles. The van der Waals surface area contributed by atoms with Gasteiger partial charge in [-0.05, 0) is 42.0 Å². The Morgan fingerprint density at radius 2 is 1.81 bits per heavy atom. The van der Waals surface area contributed by atoms with Gasteiger partial charge in [0.25, 0.3) is 0 Å². The number of halogens is 1.